The van der Waals surface area contributed by atoms with E-state index >= 15 is 0 Å². The van der Waals surface area contributed by atoms with E-state index in [1.807, 2.05) is 6.07 Å². The van der Waals surface area contributed by atoms with Crippen LogP contribution in [0.4, 0.5) is 4.39 Å². The SMILES string of the molecule is CCC1(C)CNC(C)CN1Cc1cc(Br)ccc1F. The summed E-state index contributed by atoms with van der Waals surface area (Å²) in [6.45, 7) is 9.21. The first-order valence-corrected chi connectivity index (χ1v) is 7.66. The highest BCUT2D eigenvalue weighted by Crippen LogP contribution is 2.26. The monoisotopic (exact) mass is 328 g/mol. The average molecular weight is 329 g/mol. The van der Waals surface area contributed by atoms with Gasteiger partial charge in [0, 0.05) is 41.3 Å². The van der Waals surface area contributed by atoms with E-state index in [0.717, 1.165) is 29.5 Å². The van der Waals surface area contributed by atoms with Crippen molar-refractivity contribution in [3.63, 3.8) is 0 Å². The van der Waals surface area contributed by atoms with Crippen molar-refractivity contribution in [3.8, 4) is 0 Å². The summed E-state index contributed by atoms with van der Waals surface area (Å²) in [5.74, 6) is -0.118. The number of hydrogen-bond donors (Lipinski definition) is 1. The molecule has 1 aliphatic heterocycles. The molecular formula is C15H22BrFN2. The zero-order valence-corrected chi connectivity index (χ0v) is 13.4. The fourth-order valence-electron chi connectivity index (χ4n) is 2.60. The van der Waals surface area contributed by atoms with Crippen molar-refractivity contribution in [2.24, 2.45) is 0 Å². The first kappa shape index (κ1) is 14.9. The van der Waals surface area contributed by atoms with Crippen molar-refractivity contribution in [1.82, 2.24) is 10.2 Å². The zero-order valence-electron chi connectivity index (χ0n) is 11.8. The lowest BCUT2D eigenvalue weighted by Gasteiger charge is -2.47. The molecule has 1 aliphatic rings. The Morgan fingerprint density at radius 2 is 2.26 bits per heavy atom. The van der Waals surface area contributed by atoms with E-state index in [0.29, 0.717) is 12.6 Å². The summed E-state index contributed by atoms with van der Waals surface area (Å²) in [7, 11) is 0. The van der Waals surface area contributed by atoms with Gasteiger partial charge in [0.1, 0.15) is 5.82 Å². The van der Waals surface area contributed by atoms with E-state index in [1.54, 1.807) is 6.07 Å². The number of piperazine rings is 1. The van der Waals surface area contributed by atoms with Crippen molar-refractivity contribution >= 4 is 15.9 Å². The van der Waals surface area contributed by atoms with Crippen molar-refractivity contribution < 1.29 is 4.39 Å². The number of nitrogens with one attached hydrogen (secondary N) is 1. The molecule has 106 valence electrons. The normalized spacial score (nSPS) is 28.6. The van der Waals surface area contributed by atoms with E-state index in [9.17, 15) is 4.39 Å². The molecule has 0 bridgehead atoms. The van der Waals surface area contributed by atoms with Crippen LogP contribution in [0.3, 0.4) is 0 Å². The maximum atomic E-state index is 13.9. The predicted molar refractivity (Wildman–Crippen MR) is 80.7 cm³/mol. The summed E-state index contributed by atoms with van der Waals surface area (Å²) in [6.07, 6.45) is 1.06. The Bertz CT molecular complexity index is 452. The van der Waals surface area contributed by atoms with Gasteiger partial charge in [0.2, 0.25) is 0 Å². The standard InChI is InChI=1S/C15H22BrFN2/c1-4-15(3)10-18-11(2)8-19(15)9-12-7-13(16)5-6-14(12)17/h5-7,11,18H,4,8-10H2,1-3H3. The Kier molecular flexibility index (Phi) is 4.64. The van der Waals surface area contributed by atoms with E-state index in [4.69, 9.17) is 0 Å². The molecule has 4 heteroatoms. The van der Waals surface area contributed by atoms with E-state index in [-0.39, 0.29) is 11.4 Å². The quantitative estimate of drug-likeness (QED) is 0.912. The highest BCUT2D eigenvalue weighted by Gasteiger charge is 2.35. The van der Waals surface area contributed by atoms with Crippen molar-refractivity contribution in [2.45, 2.75) is 45.3 Å². The van der Waals surface area contributed by atoms with Crippen molar-refractivity contribution in [2.75, 3.05) is 13.1 Å². The molecule has 2 unspecified atom stereocenters. The van der Waals surface area contributed by atoms with Crippen LogP contribution in [0.1, 0.15) is 32.8 Å². The summed E-state index contributed by atoms with van der Waals surface area (Å²) in [5.41, 5.74) is 0.865. The van der Waals surface area contributed by atoms with Gasteiger partial charge in [0.25, 0.3) is 0 Å². The maximum Gasteiger partial charge on any atom is 0.127 e. The summed E-state index contributed by atoms with van der Waals surface area (Å²) in [5, 5.41) is 3.52. The molecule has 1 fully saturated rings. The van der Waals surface area contributed by atoms with Gasteiger partial charge in [-0.05, 0) is 38.5 Å². The van der Waals surface area contributed by atoms with Crippen LogP contribution in [-0.2, 0) is 6.54 Å². The number of nitrogens with zero attached hydrogens (tertiary/aromatic N) is 1. The van der Waals surface area contributed by atoms with Crippen LogP contribution in [0.5, 0.6) is 0 Å². The maximum absolute atomic E-state index is 13.9. The molecule has 2 rings (SSSR count). The van der Waals surface area contributed by atoms with E-state index < -0.39 is 0 Å². The highest BCUT2D eigenvalue weighted by atomic mass is 79.9. The Hall–Kier alpha value is -0.450. The van der Waals surface area contributed by atoms with Gasteiger partial charge >= 0.3 is 0 Å². The molecule has 19 heavy (non-hydrogen) atoms. The molecule has 0 aliphatic carbocycles. The number of benzene rings is 1. The summed E-state index contributed by atoms with van der Waals surface area (Å²) < 4.78 is 14.8. The number of rotatable bonds is 3. The predicted octanol–water partition coefficient (Wildman–Crippen LogP) is 3.55. The third-order valence-electron chi connectivity index (χ3n) is 4.22. The molecule has 0 saturated carbocycles. The molecule has 1 N–H and O–H groups in total. The molecule has 2 atom stereocenters. The Balaban J connectivity index is 2.21. The smallest absolute Gasteiger partial charge is 0.127 e. The molecule has 1 aromatic rings. The molecule has 0 spiro atoms. The Morgan fingerprint density at radius 3 is 2.95 bits per heavy atom. The van der Waals surface area contributed by atoms with Gasteiger partial charge in [-0.1, -0.05) is 22.9 Å². The lowest BCUT2D eigenvalue weighted by atomic mass is 9.91. The second kappa shape index (κ2) is 5.90. The van der Waals surface area contributed by atoms with Gasteiger partial charge in [-0.3, -0.25) is 4.90 Å². The molecule has 2 nitrogen and oxygen atoms in total. The molecule has 1 heterocycles. The van der Waals surface area contributed by atoms with Crippen molar-refractivity contribution in [1.29, 1.82) is 0 Å². The zero-order chi connectivity index (χ0) is 14.0. The Labute approximate surface area is 123 Å². The molecule has 0 aromatic heterocycles. The molecule has 1 saturated heterocycles. The van der Waals surface area contributed by atoms with Gasteiger partial charge in [-0.2, -0.15) is 0 Å². The number of halogens is 2. The Morgan fingerprint density at radius 1 is 1.53 bits per heavy atom. The molecule has 0 amide bonds. The lowest BCUT2D eigenvalue weighted by Crippen LogP contribution is -2.61. The fourth-order valence-corrected chi connectivity index (χ4v) is 3.00. The minimum Gasteiger partial charge on any atom is -0.311 e. The van der Waals surface area contributed by atoms with Gasteiger partial charge in [-0.15, -0.1) is 0 Å². The third kappa shape index (κ3) is 3.36. The van der Waals surface area contributed by atoms with Crippen LogP contribution in [0, 0.1) is 5.82 Å². The fraction of sp³-hybridized carbons (Fsp3) is 0.600. The van der Waals surface area contributed by atoms with Gasteiger partial charge in [0.15, 0.2) is 0 Å². The number of hydrogen-bond acceptors (Lipinski definition) is 2. The van der Waals surface area contributed by atoms with Gasteiger partial charge in [-0.25, -0.2) is 4.39 Å². The summed E-state index contributed by atoms with van der Waals surface area (Å²) in [4.78, 5) is 2.40. The largest absolute Gasteiger partial charge is 0.311 e. The van der Waals surface area contributed by atoms with E-state index in [2.05, 4.69) is 46.9 Å². The van der Waals surface area contributed by atoms with Crippen molar-refractivity contribution in [3.05, 3.63) is 34.1 Å². The second-order valence-corrected chi connectivity index (χ2v) is 6.66. The highest BCUT2D eigenvalue weighted by molar-refractivity contribution is 9.10. The van der Waals surface area contributed by atoms with Gasteiger partial charge < -0.3 is 5.32 Å². The first-order chi connectivity index (χ1) is 8.94. The lowest BCUT2D eigenvalue weighted by molar-refractivity contribution is 0.0444. The second-order valence-electron chi connectivity index (χ2n) is 5.75. The molecule has 0 radical (unpaired) electrons. The topological polar surface area (TPSA) is 15.3 Å². The third-order valence-corrected chi connectivity index (χ3v) is 4.71. The molecule has 1 aromatic carbocycles. The van der Waals surface area contributed by atoms with Crippen LogP contribution >= 0.6 is 15.9 Å². The minimum absolute atomic E-state index is 0.0985. The summed E-state index contributed by atoms with van der Waals surface area (Å²) in [6, 6.07) is 5.62. The summed E-state index contributed by atoms with van der Waals surface area (Å²) >= 11 is 3.42. The van der Waals surface area contributed by atoms with E-state index in [1.165, 1.54) is 6.07 Å². The van der Waals surface area contributed by atoms with Crippen LogP contribution in [0.25, 0.3) is 0 Å². The minimum atomic E-state index is -0.118. The van der Waals surface area contributed by atoms with Gasteiger partial charge in [0.05, 0.1) is 0 Å². The first-order valence-electron chi connectivity index (χ1n) is 6.87. The average Bonchev–Trinajstić information content (AvgIpc) is 2.38. The van der Waals surface area contributed by atoms with Crippen LogP contribution in [0.2, 0.25) is 0 Å². The van der Waals surface area contributed by atoms with Crippen LogP contribution in [0.15, 0.2) is 22.7 Å². The van der Waals surface area contributed by atoms with Crippen LogP contribution < -0.4 is 5.32 Å². The van der Waals surface area contributed by atoms with Crippen LogP contribution in [-0.4, -0.2) is 29.6 Å². The molecular weight excluding hydrogens is 307 g/mol.